The normalized spacial score (nSPS) is 17.3. The average molecular weight is 317 g/mol. The summed E-state index contributed by atoms with van der Waals surface area (Å²) in [4.78, 5) is 29.7. The number of amides is 1. The highest BCUT2D eigenvalue weighted by Crippen LogP contribution is 2.18. The van der Waals surface area contributed by atoms with Crippen LogP contribution < -0.4 is 10.3 Å². The minimum absolute atomic E-state index is 0.138. The monoisotopic (exact) mass is 317 g/mol. The molecular weight excluding hydrogens is 301 g/mol. The fourth-order valence-corrected chi connectivity index (χ4v) is 2.57. The van der Waals surface area contributed by atoms with Crippen LogP contribution in [0.4, 0.5) is 4.39 Å². The number of aromatic nitrogens is 2. The van der Waals surface area contributed by atoms with Crippen molar-refractivity contribution in [2.24, 2.45) is 7.05 Å². The fraction of sp³-hybridized carbons (Fsp3) is 0.312. The van der Waals surface area contributed by atoms with Crippen LogP contribution in [0.25, 0.3) is 0 Å². The maximum Gasteiger partial charge on any atom is 0.263 e. The number of carbonyl (C=O) groups is 1. The van der Waals surface area contributed by atoms with Crippen LogP contribution in [0.3, 0.4) is 0 Å². The second-order valence-electron chi connectivity index (χ2n) is 5.42. The summed E-state index contributed by atoms with van der Waals surface area (Å²) in [5.74, 6) is -0.731. The Labute approximate surface area is 132 Å². The molecule has 120 valence electrons. The number of rotatable bonds is 3. The molecule has 1 aliphatic heterocycles. The zero-order chi connectivity index (χ0) is 16.4. The highest BCUT2D eigenvalue weighted by Gasteiger charge is 2.29. The molecule has 0 radical (unpaired) electrons. The van der Waals surface area contributed by atoms with Gasteiger partial charge in [0.1, 0.15) is 11.7 Å². The number of nitrogens with zero attached hydrogens (tertiary/aromatic N) is 3. The van der Waals surface area contributed by atoms with Gasteiger partial charge in [0.05, 0.1) is 6.54 Å². The third-order valence-corrected chi connectivity index (χ3v) is 3.76. The van der Waals surface area contributed by atoms with Gasteiger partial charge in [-0.2, -0.15) is 9.37 Å². The van der Waals surface area contributed by atoms with Gasteiger partial charge < -0.3 is 14.2 Å². The Bertz CT molecular complexity index is 790. The van der Waals surface area contributed by atoms with Crippen molar-refractivity contribution in [3.05, 3.63) is 58.4 Å². The molecule has 3 heterocycles. The molecule has 1 fully saturated rings. The summed E-state index contributed by atoms with van der Waals surface area (Å²) in [6.07, 6.45) is 1.95. The van der Waals surface area contributed by atoms with Crippen molar-refractivity contribution in [1.82, 2.24) is 14.5 Å². The summed E-state index contributed by atoms with van der Waals surface area (Å²) in [6, 6.07) is 7.51. The topological polar surface area (TPSA) is 64.4 Å². The first-order chi connectivity index (χ1) is 11.0. The third-order valence-electron chi connectivity index (χ3n) is 3.76. The molecule has 0 aliphatic carbocycles. The van der Waals surface area contributed by atoms with Gasteiger partial charge in [0.2, 0.25) is 11.8 Å². The summed E-state index contributed by atoms with van der Waals surface area (Å²) in [6.45, 7) is 0.825. The minimum atomic E-state index is -0.610. The van der Waals surface area contributed by atoms with Gasteiger partial charge in [0.25, 0.3) is 11.5 Å². The Morgan fingerprint density at radius 2 is 2.17 bits per heavy atom. The number of carbonyl (C=O) groups excluding carboxylic acids is 1. The number of likely N-dealkylation sites (tertiary alicyclic amines) is 1. The van der Waals surface area contributed by atoms with Crippen LogP contribution in [-0.2, 0) is 7.05 Å². The van der Waals surface area contributed by atoms with Crippen molar-refractivity contribution in [3.8, 4) is 5.88 Å². The second kappa shape index (κ2) is 6.20. The lowest BCUT2D eigenvalue weighted by molar-refractivity contribution is 0.0768. The van der Waals surface area contributed by atoms with E-state index in [0.717, 1.165) is 0 Å². The fourth-order valence-electron chi connectivity index (χ4n) is 2.57. The number of aryl methyl sites for hydroxylation is 1. The van der Waals surface area contributed by atoms with Crippen LogP contribution in [0.2, 0.25) is 0 Å². The van der Waals surface area contributed by atoms with Crippen molar-refractivity contribution < 1.29 is 13.9 Å². The van der Waals surface area contributed by atoms with Gasteiger partial charge in [-0.3, -0.25) is 9.59 Å². The molecule has 6 nitrogen and oxygen atoms in total. The summed E-state index contributed by atoms with van der Waals surface area (Å²) in [7, 11) is 1.60. The molecule has 0 spiro atoms. The number of hydrogen-bond donors (Lipinski definition) is 0. The Balaban J connectivity index is 1.69. The first-order valence-electron chi connectivity index (χ1n) is 7.29. The van der Waals surface area contributed by atoms with Crippen molar-refractivity contribution in [2.75, 3.05) is 13.1 Å². The average Bonchev–Trinajstić information content (AvgIpc) is 2.98. The lowest BCUT2D eigenvalue weighted by Gasteiger charge is -2.17. The number of hydrogen-bond acceptors (Lipinski definition) is 4. The van der Waals surface area contributed by atoms with E-state index < -0.39 is 5.95 Å². The second-order valence-corrected chi connectivity index (χ2v) is 5.42. The maximum absolute atomic E-state index is 13.1. The molecular formula is C16H16FN3O3. The Kier molecular flexibility index (Phi) is 4.10. The molecule has 0 saturated carbocycles. The predicted octanol–water partition coefficient (Wildman–Crippen LogP) is 1.21. The van der Waals surface area contributed by atoms with E-state index in [-0.39, 0.29) is 29.0 Å². The van der Waals surface area contributed by atoms with Crippen LogP contribution in [-0.4, -0.2) is 39.6 Å². The van der Waals surface area contributed by atoms with E-state index in [4.69, 9.17) is 4.74 Å². The van der Waals surface area contributed by atoms with Crippen LogP contribution in [0.1, 0.15) is 16.8 Å². The Hall–Kier alpha value is -2.70. The van der Waals surface area contributed by atoms with Gasteiger partial charge in [-0.1, -0.05) is 6.07 Å². The van der Waals surface area contributed by atoms with Crippen molar-refractivity contribution in [3.63, 3.8) is 0 Å². The summed E-state index contributed by atoms with van der Waals surface area (Å²) < 4.78 is 20.0. The lowest BCUT2D eigenvalue weighted by atomic mass is 10.2. The zero-order valence-corrected chi connectivity index (χ0v) is 12.6. The van der Waals surface area contributed by atoms with Gasteiger partial charge in [-0.25, -0.2) is 0 Å². The van der Waals surface area contributed by atoms with Crippen LogP contribution in [0.5, 0.6) is 5.88 Å². The van der Waals surface area contributed by atoms with Gasteiger partial charge in [-0.15, -0.1) is 0 Å². The van der Waals surface area contributed by atoms with E-state index in [9.17, 15) is 14.0 Å². The molecule has 1 aliphatic rings. The van der Waals surface area contributed by atoms with E-state index >= 15 is 0 Å². The maximum atomic E-state index is 13.1. The predicted molar refractivity (Wildman–Crippen MR) is 80.8 cm³/mol. The van der Waals surface area contributed by atoms with Gasteiger partial charge in [-0.05, 0) is 18.2 Å². The van der Waals surface area contributed by atoms with E-state index in [2.05, 4.69) is 4.98 Å². The van der Waals surface area contributed by atoms with Crippen LogP contribution in [0.15, 0.2) is 41.3 Å². The minimum Gasteiger partial charge on any atom is -0.472 e. The first-order valence-corrected chi connectivity index (χ1v) is 7.29. The molecule has 0 bridgehead atoms. The molecule has 1 atom stereocenters. The molecule has 2 aromatic heterocycles. The standard InChI is InChI=1S/C16H16FN3O3/c1-19-8-3-4-12(15(19)21)16(22)20-9-7-11(10-20)23-14-6-2-5-13(17)18-14/h2-6,8,11H,7,9-10H2,1H3. The zero-order valence-electron chi connectivity index (χ0n) is 12.6. The van der Waals surface area contributed by atoms with E-state index in [1.54, 1.807) is 30.3 Å². The number of halogens is 1. The highest BCUT2D eigenvalue weighted by molar-refractivity contribution is 5.94. The molecule has 1 amide bonds. The SMILES string of the molecule is Cn1cccc(C(=O)N2CCC(Oc3cccc(F)n3)C2)c1=O. The molecule has 7 heteroatoms. The van der Waals surface area contributed by atoms with Crippen molar-refractivity contribution >= 4 is 5.91 Å². The Morgan fingerprint density at radius 3 is 2.96 bits per heavy atom. The first kappa shape index (κ1) is 15.2. The van der Waals surface area contributed by atoms with Crippen molar-refractivity contribution in [2.45, 2.75) is 12.5 Å². The highest BCUT2D eigenvalue weighted by atomic mass is 19.1. The van der Waals surface area contributed by atoms with E-state index in [0.29, 0.717) is 19.5 Å². The quantitative estimate of drug-likeness (QED) is 0.798. The Morgan fingerprint density at radius 1 is 1.35 bits per heavy atom. The molecule has 1 saturated heterocycles. The van der Waals surface area contributed by atoms with Gasteiger partial charge in [0.15, 0.2) is 0 Å². The van der Waals surface area contributed by atoms with Crippen LogP contribution in [0, 0.1) is 5.95 Å². The number of ether oxygens (including phenoxy) is 1. The van der Waals surface area contributed by atoms with Gasteiger partial charge >= 0.3 is 0 Å². The summed E-state index contributed by atoms with van der Waals surface area (Å²) in [5.41, 5.74) is -0.187. The molecule has 23 heavy (non-hydrogen) atoms. The van der Waals surface area contributed by atoms with Crippen LogP contribution >= 0.6 is 0 Å². The smallest absolute Gasteiger partial charge is 0.263 e. The molecule has 0 N–H and O–H groups in total. The molecule has 2 aromatic rings. The third kappa shape index (κ3) is 3.23. The summed E-state index contributed by atoms with van der Waals surface area (Å²) >= 11 is 0. The lowest BCUT2D eigenvalue weighted by Crippen LogP contribution is -2.35. The van der Waals surface area contributed by atoms with Crippen molar-refractivity contribution in [1.29, 1.82) is 0 Å². The molecule has 1 unspecified atom stereocenters. The van der Waals surface area contributed by atoms with E-state index in [1.165, 1.54) is 22.8 Å². The molecule has 0 aromatic carbocycles. The van der Waals surface area contributed by atoms with E-state index in [1.807, 2.05) is 0 Å². The van der Waals surface area contributed by atoms with Gasteiger partial charge in [0, 0.05) is 32.3 Å². The molecule has 3 rings (SSSR count). The largest absolute Gasteiger partial charge is 0.472 e. The number of pyridine rings is 2. The summed E-state index contributed by atoms with van der Waals surface area (Å²) in [5, 5.41) is 0.